The number of amides is 1. The SMILES string of the molecule is CNc1sc(C(=O)NC2CC2)c(N)c1S(C)(=O)=O. The van der Waals surface area contributed by atoms with Gasteiger partial charge in [-0.25, -0.2) is 8.42 Å². The number of carbonyl (C=O) groups is 1. The summed E-state index contributed by atoms with van der Waals surface area (Å²) >= 11 is 1.06. The zero-order valence-electron chi connectivity index (χ0n) is 10.1. The van der Waals surface area contributed by atoms with E-state index in [1.54, 1.807) is 7.05 Å². The Balaban J connectivity index is 2.43. The number of thiophene rings is 1. The first-order valence-electron chi connectivity index (χ1n) is 5.45. The van der Waals surface area contributed by atoms with Gasteiger partial charge in [-0.2, -0.15) is 0 Å². The third-order valence-electron chi connectivity index (χ3n) is 2.62. The highest BCUT2D eigenvalue weighted by atomic mass is 32.2. The van der Waals surface area contributed by atoms with Crippen molar-refractivity contribution >= 4 is 37.8 Å². The molecule has 100 valence electrons. The van der Waals surface area contributed by atoms with E-state index in [2.05, 4.69) is 10.6 Å². The molecular weight excluding hydrogens is 274 g/mol. The number of carbonyl (C=O) groups excluding carboxylic acids is 1. The van der Waals surface area contributed by atoms with Crippen LogP contribution in [0.2, 0.25) is 0 Å². The highest BCUT2D eigenvalue weighted by molar-refractivity contribution is 7.91. The molecule has 2 rings (SSSR count). The van der Waals surface area contributed by atoms with E-state index in [9.17, 15) is 13.2 Å². The molecule has 18 heavy (non-hydrogen) atoms. The number of anilines is 2. The number of nitrogens with one attached hydrogen (secondary N) is 2. The van der Waals surface area contributed by atoms with Crippen LogP contribution < -0.4 is 16.4 Å². The van der Waals surface area contributed by atoms with Crippen molar-refractivity contribution < 1.29 is 13.2 Å². The highest BCUT2D eigenvalue weighted by Crippen LogP contribution is 2.39. The molecule has 1 saturated carbocycles. The molecule has 0 bridgehead atoms. The van der Waals surface area contributed by atoms with Crippen LogP contribution in [0, 0.1) is 0 Å². The molecule has 1 heterocycles. The van der Waals surface area contributed by atoms with Gasteiger partial charge in [-0.05, 0) is 12.8 Å². The minimum atomic E-state index is -3.46. The van der Waals surface area contributed by atoms with E-state index in [-0.39, 0.29) is 27.4 Å². The van der Waals surface area contributed by atoms with Gasteiger partial charge in [0, 0.05) is 19.3 Å². The molecule has 1 aliphatic rings. The third kappa shape index (κ3) is 2.44. The first kappa shape index (κ1) is 13.2. The van der Waals surface area contributed by atoms with Gasteiger partial charge in [0.25, 0.3) is 5.91 Å². The quantitative estimate of drug-likeness (QED) is 0.756. The molecule has 0 unspecified atom stereocenters. The lowest BCUT2D eigenvalue weighted by molar-refractivity contribution is 0.0956. The summed E-state index contributed by atoms with van der Waals surface area (Å²) in [7, 11) is -1.86. The Morgan fingerprint density at radius 2 is 2.06 bits per heavy atom. The largest absolute Gasteiger partial charge is 0.396 e. The lowest BCUT2D eigenvalue weighted by Gasteiger charge is -2.02. The molecule has 1 aromatic heterocycles. The molecule has 8 heteroatoms. The van der Waals surface area contributed by atoms with E-state index >= 15 is 0 Å². The summed E-state index contributed by atoms with van der Waals surface area (Å²) in [6, 6.07) is 0.207. The molecule has 1 aliphatic carbocycles. The number of hydrogen-bond donors (Lipinski definition) is 3. The maximum absolute atomic E-state index is 11.9. The van der Waals surface area contributed by atoms with Crippen LogP contribution in [0.4, 0.5) is 10.7 Å². The van der Waals surface area contributed by atoms with E-state index in [4.69, 9.17) is 5.73 Å². The van der Waals surface area contributed by atoms with Gasteiger partial charge >= 0.3 is 0 Å². The van der Waals surface area contributed by atoms with Gasteiger partial charge in [-0.3, -0.25) is 4.79 Å². The fourth-order valence-corrected chi connectivity index (χ4v) is 4.07. The summed E-state index contributed by atoms with van der Waals surface area (Å²) in [5.74, 6) is -0.300. The Morgan fingerprint density at radius 1 is 1.44 bits per heavy atom. The van der Waals surface area contributed by atoms with Crippen LogP contribution in [0.15, 0.2) is 4.90 Å². The van der Waals surface area contributed by atoms with Gasteiger partial charge in [-0.15, -0.1) is 11.3 Å². The minimum Gasteiger partial charge on any atom is -0.396 e. The van der Waals surface area contributed by atoms with Gasteiger partial charge in [-0.1, -0.05) is 0 Å². The normalized spacial score (nSPS) is 15.4. The van der Waals surface area contributed by atoms with Crippen LogP contribution in [-0.4, -0.2) is 33.7 Å². The molecule has 0 aromatic carbocycles. The fourth-order valence-electron chi connectivity index (χ4n) is 1.61. The average molecular weight is 289 g/mol. The first-order valence-corrected chi connectivity index (χ1v) is 8.16. The lowest BCUT2D eigenvalue weighted by Crippen LogP contribution is -2.25. The summed E-state index contributed by atoms with van der Waals surface area (Å²) in [4.78, 5) is 12.2. The summed E-state index contributed by atoms with van der Waals surface area (Å²) in [6.07, 6.45) is 3.01. The van der Waals surface area contributed by atoms with Gasteiger partial charge in [0.2, 0.25) is 0 Å². The van der Waals surface area contributed by atoms with E-state index in [1.807, 2.05) is 0 Å². The van der Waals surface area contributed by atoms with Crippen LogP contribution in [-0.2, 0) is 9.84 Å². The van der Waals surface area contributed by atoms with Crippen molar-refractivity contribution in [2.45, 2.75) is 23.8 Å². The van der Waals surface area contributed by atoms with Crippen molar-refractivity contribution in [3.05, 3.63) is 4.88 Å². The molecule has 1 fully saturated rings. The van der Waals surface area contributed by atoms with Gasteiger partial charge in [0.1, 0.15) is 14.8 Å². The molecule has 0 aliphatic heterocycles. The molecule has 6 nitrogen and oxygen atoms in total. The molecule has 0 spiro atoms. The molecule has 1 amide bonds. The minimum absolute atomic E-state index is 0.0101. The summed E-state index contributed by atoms with van der Waals surface area (Å²) in [6.45, 7) is 0. The van der Waals surface area contributed by atoms with Gasteiger partial charge in [0.05, 0.1) is 5.69 Å². The van der Waals surface area contributed by atoms with E-state index in [0.717, 1.165) is 30.4 Å². The average Bonchev–Trinajstić information content (AvgIpc) is 2.98. The van der Waals surface area contributed by atoms with E-state index in [0.29, 0.717) is 5.00 Å². The number of nitrogens with two attached hydrogens (primary N) is 1. The number of nitrogen functional groups attached to an aromatic ring is 1. The Bertz CT molecular complexity index is 588. The molecule has 0 radical (unpaired) electrons. The van der Waals surface area contributed by atoms with E-state index in [1.165, 1.54) is 0 Å². The van der Waals surface area contributed by atoms with Crippen molar-refractivity contribution in [3.63, 3.8) is 0 Å². The van der Waals surface area contributed by atoms with Gasteiger partial charge < -0.3 is 16.4 Å². The van der Waals surface area contributed by atoms with Crippen LogP contribution in [0.25, 0.3) is 0 Å². The highest BCUT2D eigenvalue weighted by Gasteiger charge is 2.29. The zero-order chi connectivity index (χ0) is 13.5. The number of sulfone groups is 1. The predicted octanol–water partition coefficient (Wildman–Crippen LogP) is 0.668. The third-order valence-corrected chi connectivity index (χ3v) is 5.13. The lowest BCUT2D eigenvalue weighted by atomic mass is 10.3. The molecular formula is C10H15N3O3S2. The van der Waals surface area contributed by atoms with Crippen molar-refractivity contribution in [3.8, 4) is 0 Å². The predicted molar refractivity (Wildman–Crippen MR) is 71.9 cm³/mol. The Labute approximate surface area is 109 Å². The Hall–Kier alpha value is -1.28. The summed E-state index contributed by atoms with van der Waals surface area (Å²) in [5, 5.41) is 5.96. The van der Waals surface area contributed by atoms with Crippen LogP contribution >= 0.6 is 11.3 Å². The van der Waals surface area contributed by atoms with Crippen molar-refractivity contribution in [2.24, 2.45) is 0 Å². The second-order valence-corrected chi connectivity index (χ2v) is 7.25. The van der Waals surface area contributed by atoms with E-state index < -0.39 is 9.84 Å². The topological polar surface area (TPSA) is 101 Å². The standard InChI is InChI=1S/C10H15N3O3S2/c1-12-10-8(18(2,15)16)6(11)7(17-10)9(14)13-5-3-4-5/h5,12H,3-4,11H2,1-2H3,(H,13,14). The molecule has 1 aromatic rings. The van der Waals surface area contributed by atoms with Crippen LogP contribution in [0.1, 0.15) is 22.5 Å². The molecule has 0 saturated heterocycles. The smallest absolute Gasteiger partial charge is 0.263 e. The monoisotopic (exact) mass is 289 g/mol. The van der Waals surface area contributed by atoms with Crippen LogP contribution in [0.3, 0.4) is 0 Å². The van der Waals surface area contributed by atoms with Crippen molar-refractivity contribution in [1.29, 1.82) is 0 Å². The molecule has 4 N–H and O–H groups in total. The number of rotatable bonds is 4. The maximum Gasteiger partial charge on any atom is 0.263 e. The first-order chi connectivity index (χ1) is 8.34. The molecule has 0 atom stereocenters. The van der Waals surface area contributed by atoms with Gasteiger partial charge in [0.15, 0.2) is 9.84 Å². The summed E-state index contributed by atoms with van der Waals surface area (Å²) in [5.41, 5.74) is 5.83. The second-order valence-electron chi connectivity index (χ2n) is 4.27. The fraction of sp³-hybridized carbons (Fsp3) is 0.500. The zero-order valence-corrected chi connectivity index (χ0v) is 11.7. The Kier molecular flexibility index (Phi) is 3.24. The Morgan fingerprint density at radius 3 is 2.44 bits per heavy atom. The van der Waals surface area contributed by atoms with Crippen molar-refractivity contribution in [2.75, 3.05) is 24.4 Å². The second kappa shape index (κ2) is 4.43. The maximum atomic E-state index is 11.9. The summed E-state index contributed by atoms with van der Waals surface area (Å²) < 4.78 is 23.3. The van der Waals surface area contributed by atoms with Crippen LogP contribution in [0.5, 0.6) is 0 Å². The van der Waals surface area contributed by atoms with Crippen molar-refractivity contribution in [1.82, 2.24) is 5.32 Å². The number of hydrogen-bond acceptors (Lipinski definition) is 6.